The second-order valence-electron chi connectivity index (χ2n) is 7.50. The first-order chi connectivity index (χ1) is 13.2. The highest BCUT2D eigenvalue weighted by Gasteiger charge is 2.26. The molecule has 0 aliphatic heterocycles. The van der Waals surface area contributed by atoms with Gasteiger partial charge in [-0.2, -0.15) is 0 Å². The highest BCUT2D eigenvalue weighted by atomic mass is 14.3. The molecule has 0 heterocycles. The second kappa shape index (κ2) is 6.25. The fraction of sp³-hybridized carbons (Fsp3) is 0.111. The molecule has 0 saturated carbocycles. The SMILES string of the molecule is CC1=Cc2ccccc2C1c1cc2ccccc2c(-c2ccccc2)c1C. The third kappa shape index (κ3) is 2.52. The summed E-state index contributed by atoms with van der Waals surface area (Å²) < 4.78 is 0. The predicted molar refractivity (Wildman–Crippen MR) is 116 cm³/mol. The van der Waals surface area contributed by atoms with Gasteiger partial charge in [0.15, 0.2) is 0 Å². The van der Waals surface area contributed by atoms with Gasteiger partial charge in [0, 0.05) is 5.92 Å². The van der Waals surface area contributed by atoms with Gasteiger partial charge in [-0.3, -0.25) is 0 Å². The molecule has 0 aromatic heterocycles. The zero-order valence-electron chi connectivity index (χ0n) is 15.7. The molecule has 0 radical (unpaired) electrons. The Bertz CT molecular complexity index is 1180. The van der Waals surface area contributed by atoms with Crippen LogP contribution in [-0.2, 0) is 0 Å². The fourth-order valence-corrected chi connectivity index (χ4v) is 4.64. The minimum Gasteiger partial charge on any atom is -0.0622 e. The van der Waals surface area contributed by atoms with Crippen molar-refractivity contribution in [1.82, 2.24) is 0 Å². The summed E-state index contributed by atoms with van der Waals surface area (Å²) in [5.74, 6) is 0.341. The molecular weight excluding hydrogens is 324 g/mol. The van der Waals surface area contributed by atoms with Crippen LogP contribution in [0.15, 0.2) is 90.5 Å². The Kier molecular flexibility index (Phi) is 3.72. The van der Waals surface area contributed by atoms with Crippen molar-refractivity contribution >= 4 is 16.8 Å². The van der Waals surface area contributed by atoms with E-state index in [0.717, 1.165) is 0 Å². The van der Waals surface area contributed by atoms with E-state index in [9.17, 15) is 0 Å². The summed E-state index contributed by atoms with van der Waals surface area (Å²) in [7, 11) is 0. The van der Waals surface area contributed by atoms with Gasteiger partial charge in [-0.1, -0.05) is 90.5 Å². The van der Waals surface area contributed by atoms with E-state index in [-0.39, 0.29) is 0 Å². The van der Waals surface area contributed by atoms with E-state index in [0.29, 0.717) is 5.92 Å². The largest absolute Gasteiger partial charge is 0.0622 e. The van der Waals surface area contributed by atoms with E-state index < -0.39 is 0 Å². The summed E-state index contributed by atoms with van der Waals surface area (Å²) in [6, 6.07) is 30.8. The molecular formula is C27H22. The Morgan fingerprint density at radius 3 is 2.22 bits per heavy atom. The van der Waals surface area contributed by atoms with E-state index >= 15 is 0 Å². The summed E-state index contributed by atoms with van der Waals surface area (Å²) in [6.07, 6.45) is 2.34. The molecule has 1 unspecified atom stereocenters. The molecule has 0 bridgehead atoms. The Morgan fingerprint density at radius 1 is 0.667 bits per heavy atom. The van der Waals surface area contributed by atoms with Crippen LogP contribution in [0.2, 0.25) is 0 Å². The Morgan fingerprint density at radius 2 is 1.37 bits per heavy atom. The van der Waals surface area contributed by atoms with Gasteiger partial charge in [0.05, 0.1) is 0 Å². The first kappa shape index (κ1) is 16.1. The van der Waals surface area contributed by atoms with Crippen LogP contribution in [0.4, 0.5) is 0 Å². The standard InChI is InChI=1S/C27H22/c1-18-16-21-12-6-8-14-23(21)26(18)25-17-22-13-7-9-15-24(22)27(19(25)2)20-10-4-3-5-11-20/h3-17,26H,1-2H3. The highest BCUT2D eigenvalue weighted by Crippen LogP contribution is 2.45. The smallest absolute Gasteiger partial charge is 0.0308 e. The second-order valence-corrected chi connectivity index (χ2v) is 7.50. The van der Waals surface area contributed by atoms with Crippen molar-refractivity contribution < 1.29 is 0 Å². The molecule has 0 N–H and O–H groups in total. The monoisotopic (exact) mass is 346 g/mol. The van der Waals surface area contributed by atoms with Gasteiger partial charge < -0.3 is 0 Å². The molecule has 0 nitrogen and oxygen atoms in total. The number of fused-ring (bicyclic) bond motifs is 2. The van der Waals surface area contributed by atoms with Crippen molar-refractivity contribution in [2.75, 3.05) is 0 Å². The minimum absolute atomic E-state index is 0.341. The Balaban J connectivity index is 1.83. The molecule has 0 spiro atoms. The van der Waals surface area contributed by atoms with E-state index in [4.69, 9.17) is 0 Å². The van der Waals surface area contributed by atoms with Gasteiger partial charge in [0.2, 0.25) is 0 Å². The molecule has 4 aromatic rings. The summed E-state index contributed by atoms with van der Waals surface area (Å²) in [5, 5.41) is 2.65. The summed E-state index contributed by atoms with van der Waals surface area (Å²) in [5.41, 5.74) is 9.66. The van der Waals surface area contributed by atoms with E-state index in [1.807, 2.05) is 0 Å². The maximum atomic E-state index is 2.40. The number of benzene rings is 4. The van der Waals surface area contributed by atoms with Crippen LogP contribution in [-0.4, -0.2) is 0 Å². The van der Waals surface area contributed by atoms with Crippen LogP contribution in [0, 0.1) is 6.92 Å². The van der Waals surface area contributed by atoms with Gasteiger partial charge in [-0.15, -0.1) is 0 Å². The summed E-state index contributed by atoms with van der Waals surface area (Å²) >= 11 is 0. The maximum absolute atomic E-state index is 2.40. The summed E-state index contributed by atoms with van der Waals surface area (Å²) in [6.45, 7) is 4.56. The molecule has 130 valence electrons. The lowest BCUT2D eigenvalue weighted by Gasteiger charge is -2.22. The topological polar surface area (TPSA) is 0 Å². The van der Waals surface area contributed by atoms with Crippen LogP contribution >= 0.6 is 0 Å². The molecule has 4 aromatic carbocycles. The molecule has 0 fully saturated rings. The fourth-order valence-electron chi connectivity index (χ4n) is 4.64. The molecule has 1 aliphatic rings. The number of rotatable bonds is 2. The molecule has 0 amide bonds. The number of hydrogen-bond donors (Lipinski definition) is 0. The van der Waals surface area contributed by atoms with Crippen LogP contribution in [0.25, 0.3) is 28.0 Å². The Hall–Kier alpha value is -3.12. The first-order valence-corrected chi connectivity index (χ1v) is 9.59. The molecule has 27 heavy (non-hydrogen) atoms. The lowest BCUT2D eigenvalue weighted by Crippen LogP contribution is -2.04. The quantitative estimate of drug-likeness (QED) is 0.355. The van der Waals surface area contributed by atoms with Gasteiger partial charge >= 0.3 is 0 Å². The van der Waals surface area contributed by atoms with Gasteiger partial charge in [-0.05, 0) is 64.1 Å². The molecule has 0 saturated heterocycles. The predicted octanol–water partition coefficient (Wildman–Crippen LogP) is 7.36. The van der Waals surface area contributed by atoms with E-state index in [1.54, 1.807) is 0 Å². The molecule has 0 heteroatoms. The van der Waals surface area contributed by atoms with Crippen molar-refractivity contribution in [3.63, 3.8) is 0 Å². The molecule has 5 rings (SSSR count). The van der Waals surface area contributed by atoms with Crippen LogP contribution in [0.1, 0.15) is 35.1 Å². The third-order valence-corrected chi connectivity index (χ3v) is 5.87. The molecule has 1 atom stereocenters. The highest BCUT2D eigenvalue weighted by molar-refractivity contribution is 5.99. The first-order valence-electron chi connectivity index (χ1n) is 9.59. The van der Waals surface area contributed by atoms with Crippen molar-refractivity contribution in [1.29, 1.82) is 0 Å². The van der Waals surface area contributed by atoms with Gasteiger partial charge in [0.1, 0.15) is 0 Å². The van der Waals surface area contributed by atoms with Crippen molar-refractivity contribution in [3.05, 3.63) is 113 Å². The van der Waals surface area contributed by atoms with Crippen molar-refractivity contribution in [2.45, 2.75) is 19.8 Å². The minimum atomic E-state index is 0.341. The average molecular weight is 346 g/mol. The lowest BCUT2D eigenvalue weighted by atomic mass is 9.81. The van der Waals surface area contributed by atoms with Crippen LogP contribution in [0.3, 0.4) is 0 Å². The molecule has 1 aliphatic carbocycles. The maximum Gasteiger partial charge on any atom is 0.0308 e. The van der Waals surface area contributed by atoms with Gasteiger partial charge in [0.25, 0.3) is 0 Å². The zero-order chi connectivity index (χ0) is 18.4. The van der Waals surface area contributed by atoms with Crippen LogP contribution in [0.5, 0.6) is 0 Å². The van der Waals surface area contributed by atoms with Crippen molar-refractivity contribution in [2.24, 2.45) is 0 Å². The van der Waals surface area contributed by atoms with Crippen molar-refractivity contribution in [3.8, 4) is 11.1 Å². The third-order valence-electron chi connectivity index (χ3n) is 5.87. The van der Waals surface area contributed by atoms with E-state index in [1.165, 1.54) is 49.7 Å². The zero-order valence-corrected chi connectivity index (χ0v) is 15.7. The van der Waals surface area contributed by atoms with Gasteiger partial charge in [-0.25, -0.2) is 0 Å². The normalized spacial score (nSPS) is 15.6. The summed E-state index contributed by atoms with van der Waals surface area (Å²) in [4.78, 5) is 0. The van der Waals surface area contributed by atoms with Crippen LogP contribution < -0.4 is 0 Å². The number of hydrogen-bond acceptors (Lipinski definition) is 0. The lowest BCUT2D eigenvalue weighted by molar-refractivity contribution is 0.966. The number of allylic oxidation sites excluding steroid dienone is 1. The average Bonchev–Trinajstić information content (AvgIpc) is 3.04. The Labute approximate surface area is 160 Å². The van der Waals surface area contributed by atoms with E-state index in [2.05, 4.69) is 105 Å².